The fourth-order valence-electron chi connectivity index (χ4n) is 2.26. The maximum absolute atomic E-state index is 4.55. The zero-order valence-electron chi connectivity index (χ0n) is 12.1. The van der Waals surface area contributed by atoms with Crippen molar-refractivity contribution in [3.63, 3.8) is 0 Å². The summed E-state index contributed by atoms with van der Waals surface area (Å²) >= 11 is 3.52. The largest absolute Gasteiger partial charge is 0.316 e. The molecule has 1 atom stereocenters. The third-order valence-electron chi connectivity index (χ3n) is 3.53. The molecule has 0 spiro atoms. The summed E-state index contributed by atoms with van der Waals surface area (Å²) in [7, 11) is 2.02. The Bertz CT molecular complexity index is 537. The van der Waals surface area contributed by atoms with Gasteiger partial charge in [-0.25, -0.2) is 0 Å². The summed E-state index contributed by atoms with van der Waals surface area (Å²) in [6, 6.07) is 13.2. The average molecular weight is 333 g/mol. The molecule has 0 bridgehead atoms. The van der Waals surface area contributed by atoms with Gasteiger partial charge >= 0.3 is 0 Å². The molecule has 1 aromatic heterocycles. The summed E-state index contributed by atoms with van der Waals surface area (Å²) in [6.07, 6.45) is 4.99. The highest BCUT2D eigenvalue weighted by molar-refractivity contribution is 9.10. The lowest BCUT2D eigenvalue weighted by Crippen LogP contribution is -2.30. The SMILES string of the molecule is CCc1ccc(CC(Cc2cccc(Br)c2)NC)nc1. The normalized spacial score (nSPS) is 12.3. The van der Waals surface area contributed by atoms with Gasteiger partial charge in [0.05, 0.1) is 0 Å². The summed E-state index contributed by atoms with van der Waals surface area (Å²) in [5.74, 6) is 0. The highest BCUT2D eigenvalue weighted by atomic mass is 79.9. The first-order valence-corrected chi connectivity index (χ1v) is 7.86. The average Bonchev–Trinajstić information content (AvgIpc) is 2.47. The number of hydrogen-bond acceptors (Lipinski definition) is 2. The monoisotopic (exact) mass is 332 g/mol. The Hall–Kier alpha value is -1.19. The van der Waals surface area contributed by atoms with Gasteiger partial charge in [-0.3, -0.25) is 4.98 Å². The zero-order valence-corrected chi connectivity index (χ0v) is 13.7. The number of rotatable bonds is 6. The molecule has 0 saturated heterocycles. The first kappa shape index (κ1) is 15.2. The molecule has 3 heteroatoms. The van der Waals surface area contributed by atoms with Crippen molar-refractivity contribution < 1.29 is 0 Å². The minimum Gasteiger partial charge on any atom is -0.316 e. The Labute approximate surface area is 129 Å². The van der Waals surface area contributed by atoms with E-state index < -0.39 is 0 Å². The number of aryl methyl sites for hydroxylation is 1. The van der Waals surface area contributed by atoms with Crippen LogP contribution < -0.4 is 5.32 Å². The van der Waals surface area contributed by atoms with Gasteiger partial charge in [-0.1, -0.05) is 41.1 Å². The fourth-order valence-corrected chi connectivity index (χ4v) is 2.71. The highest BCUT2D eigenvalue weighted by Gasteiger charge is 2.09. The van der Waals surface area contributed by atoms with Gasteiger partial charge in [0, 0.05) is 28.8 Å². The van der Waals surface area contributed by atoms with Gasteiger partial charge in [0.2, 0.25) is 0 Å². The van der Waals surface area contributed by atoms with E-state index in [1.165, 1.54) is 11.1 Å². The first-order chi connectivity index (χ1) is 9.71. The second kappa shape index (κ2) is 7.55. The van der Waals surface area contributed by atoms with E-state index in [1.807, 2.05) is 13.2 Å². The van der Waals surface area contributed by atoms with Gasteiger partial charge in [0.1, 0.15) is 0 Å². The molecule has 0 saturated carbocycles. The molecule has 2 rings (SSSR count). The van der Waals surface area contributed by atoms with E-state index in [-0.39, 0.29) is 0 Å². The lowest BCUT2D eigenvalue weighted by Gasteiger charge is -2.16. The van der Waals surface area contributed by atoms with Crippen molar-refractivity contribution in [1.29, 1.82) is 0 Å². The predicted molar refractivity (Wildman–Crippen MR) is 88.0 cm³/mol. The highest BCUT2D eigenvalue weighted by Crippen LogP contribution is 2.14. The number of halogens is 1. The number of nitrogens with zero attached hydrogens (tertiary/aromatic N) is 1. The molecule has 1 heterocycles. The van der Waals surface area contributed by atoms with Gasteiger partial charge in [-0.05, 0) is 49.2 Å². The minimum absolute atomic E-state index is 0.407. The molecule has 106 valence electrons. The van der Waals surface area contributed by atoms with Crippen LogP contribution in [0.1, 0.15) is 23.7 Å². The van der Waals surface area contributed by atoms with E-state index in [0.29, 0.717) is 6.04 Å². The molecule has 2 nitrogen and oxygen atoms in total. The Balaban J connectivity index is 2.01. The van der Waals surface area contributed by atoms with Crippen LogP contribution in [0.15, 0.2) is 47.1 Å². The molecule has 0 aliphatic carbocycles. The zero-order chi connectivity index (χ0) is 14.4. The Morgan fingerprint density at radius 1 is 1.15 bits per heavy atom. The van der Waals surface area contributed by atoms with Crippen LogP contribution in [0.25, 0.3) is 0 Å². The lowest BCUT2D eigenvalue weighted by molar-refractivity contribution is 0.550. The molecular formula is C17H21BrN2. The van der Waals surface area contributed by atoms with E-state index in [0.717, 1.165) is 29.4 Å². The Morgan fingerprint density at radius 3 is 2.60 bits per heavy atom. The number of aromatic nitrogens is 1. The molecule has 2 aromatic rings. The molecule has 0 radical (unpaired) electrons. The second-order valence-corrected chi connectivity index (χ2v) is 5.95. The van der Waals surface area contributed by atoms with E-state index >= 15 is 0 Å². The molecule has 0 aliphatic heterocycles. The standard InChI is InChI=1S/C17H21BrN2/c1-3-13-7-8-16(20-12-13)11-17(19-2)10-14-5-4-6-15(18)9-14/h4-9,12,17,19H,3,10-11H2,1-2H3. The minimum atomic E-state index is 0.407. The van der Waals surface area contributed by atoms with Gasteiger partial charge in [-0.15, -0.1) is 0 Å². The quantitative estimate of drug-likeness (QED) is 0.870. The molecule has 1 N–H and O–H groups in total. The summed E-state index contributed by atoms with van der Waals surface area (Å²) in [4.78, 5) is 4.55. The lowest BCUT2D eigenvalue weighted by atomic mass is 10.0. The smallest absolute Gasteiger partial charge is 0.0419 e. The molecule has 0 fully saturated rings. The summed E-state index contributed by atoms with van der Waals surface area (Å²) in [5.41, 5.74) is 3.78. The van der Waals surface area contributed by atoms with Crippen LogP contribution in [-0.2, 0) is 19.3 Å². The van der Waals surface area contributed by atoms with Crippen molar-refractivity contribution in [2.24, 2.45) is 0 Å². The van der Waals surface area contributed by atoms with Gasteiger partial charge in [0.25, 0.3) is 0 Å². The van der Waals surface area contributed by atoms with Crippen molar-refractivity contribution >= 4 is 15.9 Å². The van der Waals surface area contributed by atoms with Crippen molar-refractivity contribution in [2.45, 2.75) is 32.2 Å². The summed E-state index contributed by atoms with van der Waals surface area (Å²) < 4.78 is 1.13. The summed E-state index contributed by atoms with van der Waals surface area (Å²) in [6.45, 7) is 2.15. The number of nitrogens with one attached hydrogen (secondary N) is 1. The number of hydrogen-bond donors (Lipinski definition) is 1. The van der Waals surface area contributed by atoms with Crippen molar-refractivity contribution in [1.82, 2.24) is 10.3 Å². The number of pyridine rings is 1. The van der Waals surface area contributed by atoms with Crippen LogP contribution in [0.3, 0.4) is 0 Å². The van der Waals surface area contributed by atoms with Gasteiger partial charge < -0.3 is 5.32 Å². The molecule has 0 amide bonds. The third-order valence-corrected chi connectivity index (χ3v) is 4.02. The van der Waals surface area contributed by atoms with E-state index in [4.69, 9.17) is 0 Å². The van der Waals surface area contributed by atoms with Gasteiger partial charge in [-0.2, -0.15) is 0 Å². The number of benzene rings is 1. The van der Waals surface area contributed by atoms with Crippen molar-refractivity contribution in [3.8, 4) is 0 Å². The second-order valence-electron chi connectivity index (χ2n) is 5.04. The van der Waals surface area contributed by atoms with E-state index in [2.05, 4.69) is 69.6 Å². The van der Waals surface area contributed by atoms with Crippen molar-refractivity contribution in [2.75, 3.05) is 7.05 Å². The number of likely N-dealkylation sites (N-methyl/N-ethyl adjacent to an activating group) is 1. The van der Waals surface area contributed by atoms with Crippen molar-refractivity contribution in [3.05, 3.63) is 63.9 Å². The molecule has 0 aliphatic rings. The van der Waals surface area contributed by atoms with E-state index in [1.54, 1.807) is 0 Å². The van der Waals surface area contributed by atoms with Crippen LogP contribution in [0.4, 0.5) is 0 Å². The molecule has 1 aromatic carbocycles. The first-order valence-electron chi connectivity index (χ1n) is 7.06. The molecular weight excluding hydrogens is 312 g/mol. The van der Waals surface area contributed by atoms with Crippen LogP contribution in [0, 0.1) is 0 Å². The van der Waals surface area contributed by atoms with Gasteiger partial charge in [0.15, 0.2) is 0 Å². The Kier molecular flexibility index (Phi) is 5.74. The molecule has 1 unspecified atom stereocenters. The van der Waals surface area contributed by atoms with Crippen LogP contribution >= 0.6 is 15.9 Å². The van der Waals surface area contributed by atoms with Crippen LogP contribution in [-0.4, -0.2) is 18.1 Å². The topological polar surface area (TPSA) is 24.9 Å². The Morgan fingerprint density at radius 2 is 2.00 bits per heavy atom. The fraction of sp³-hybridized carbons (Fsp3) is 0.353. The maximum atomic E-state index is 4.55. The van der Waals surface area contributed by atoms with Crippen LogP contribution in [0.2, 0.25) is 0 Å². The molecule has 20 heavy (non-hydrogen) atoms. The predicted octanol–water partition coefficient (Wildman–Crippen LogP) is 3.78. The van der Waals surface area contributed by atoms with Crippen LogP contribution in [0.5, 0.6) is 0 Å². The maximum Gasteiger partial charge on any atom is 0.0419 e. The summed E-state index contributed by atoms with van der Waals surface area (Å²) in [5, 5.41) is 3.39. The third kappa shape index (κ3) is 4.43. The van der Waals surface area contributed by atoms with E-state index in [9.17, 15) is 0 Å².